The highest BCUT2D eigenvalue weighted by Gasteiger charge is 2.23. The van der Waals surface area contributed by atoms with E-state index >= 15 is 0 Å². The van der Waals surface area contributed by atoms with Crippen LogP contribution in [0.15, 0.2) is 18.2 Å². The van der Waals surface area contributed by atoms with Crippen LogP contribution in [0.1, 0.15) is 39.0 Å². The van der Waals surface area contributed by atoms with E-state index in [-0.39, 0.29) is 23.4 Å². The van der Waals surface area contributed by atoms with E-state index < -0.39 is 4.92 Å². The van der Waals surface area contributed by atoms with Crippen molar-refractivity contribution in [1.29, 1.82) is 0 Å². The van der Waals surface area contributed by atoms with Gasteiger partial charge in [-0.2, -0.15) is 0 Å². The Balaban J connectivity index is 2.06. The van der Waals surface area contributed by atoms with Crippen molar-refractivity contribution in [3.05, 3.63) is 28.3 Å². The maximum atomic E-state index is 12.6. The smallest absolute Gasteiger partial charge is 0.273 e. The number of hydrogen-bond acceptors (Lipinski definition) is 5. The minimum atomic E-state index is -0.489. The summed E-state index contributed by atoms with van der Waals surface area (Å²) in [5.74, 6) is 0.167. The van der Waals surface area contributed by atoms with Gasteiger partial charge in [-0.1, -0.05) is 19.3 Å². The van der Waals surface area contributed by atoms with Crippen LogP contribution in [0.4, 0.5) is 11.4 Å². The van der Waals surface area contributed by atoms with Crippen LogP contribution >= 0.6 is 0 Å². The molecule has 2 rings (SSSR count). The summed E-state index contributed by atoms with van der Waals surface area (Å²) in [5.41, 5.74) is 0.383. The normalized spacial score (nSPS) is 17.4. The highest BCUT2D eigenvalue weighted by Crippen LogP contribution is 2.29. The van der Waals surface area contributed by atoms with Gasteiger partial charge in [-0.3, -0.25) is 19.8 Å². The van der Waals surface area contributed by atoms with Crippen molar-refractivity contribution >= 4 is 17.3 Å². The van der Waals surface area contributed by atoms with E-state index in [2.05, 4.69) is 10.2 Å². The standard InChI is InChI=1S/C17H25N3O4/c1-13(19-10-6-4-3-5-7-11-19)17(21)18-15-9-8-14(20(22)23)12-16(15)24-2/h8-9,12-13H,3-7,10-11H2,1-2H3,(H,18,21)/t13-/m1/s1. The van der Waals surface area contributed by atoms with Gasteiger partial charge < -0.3 is 10.1 Å². The van der Waals surface area contributed by atoms with Gasteiger partial charge in [0.05, 0.1) is 29.8 Å². The van der Waals surface area contributed by atoms with Crippen molar-refractivity contribution in [3.63, 3.8) is 0 Å². The first-order chi connectivity index (χ1) is 11.5. The lowest BCUT2D eigenvalue weighted by molar-refractivity contribution is -0.384. The molecule has 0 aliphatic carbocycles. The van der Waals surface area contributed by atoms with Gasteiger partial charge in [-0.15, -0.1) is 0 Å². The molecular weight excluding hydrogens is 310 g/mol. The molecule has 0 saturated carbocycles. The molecule has 7 nitrogen and oxygen atoms in total. The molecule has 132 valence electrons. The molecule has 0 bridgehead atoms. The molecule has 7 heteroatoms. The van der Waals surface area contributed by atoms with Crippen LogP contribution in [-0.4, -0.2) is 42.0 Å². The number of hydrogen-bond donors (Lipinski definition) is 1. The SMILES string of the molecule is COc1cc([N+](=O)[O-])ccc1NC(=O)[C@@H](C)N1CCCCCCC1. The van der Waals surface area contributed by atoms with E-state index in [1.54, 1.807) is 0 Å². The van der Waals surface area contributed by atoms with Crippen molar-refractivity contribution in [2.45, 2.75) is 45.1 Å². The molecule has 1 amide bonds. The molecule has 0 radical (unpaired) electrons. The molecule has 1 N–H and O–H groups in total. The number of methoxy groups -OCH3 is 1. The van der Waals surface area contributed by atoms with Crippen molar-refractivity contribution in [3.8, 4) is 5.75 Å². The first-order valence-electron chi connectivity index (χ1n) is 8.40. The van der Waals surface area contributed by atoms with E-state index in [9.17, 15) is 14.9 Å². The predicted molar refractivity (Wildman–Crippen MR) is 92.4 cm³/mol. The van der Waals surface area contributed by atoms with E-state index in [1.165, 1.54) is 44.6 Å². The Labute approximate surface area is 142 Å². The van der Waals surface area contributed by atoms with Crippen LogP contribution in [0.2, 0.25) is 0 Å². The minimum Gasteiger partial charge on any atom is -0.494 e. The van der Waals surface area contributed by atoms with Crippen molar-refractivity contribution in [1.82, 2.24) is 4.90 Å². The summed E-state index contributed by atoms with van der Waals surface area (Å²) in [7, 11) is 1.43. The van der Waals surface area contributed by atoms with Crippen LogP contribution in [0.25, 0.3) is 0 Å². The Kier molecular flexibility index (Phi) is 6.54. The number of nitrogens with zero attached hydrogens (tertiary/aromatic N) is 2. The fourth-order valence-corrected chi connectivity index (χ4v) is 2.96. The average molecular weight is 335 g/mol. The number of carbonyl (C=O) groups excluding carboxylic acids is 1. The van der Waals surface area contributed by atoms with Gasteiger partial charge in [0.15, 0.2) is 0 Å². The maximum Gasteiger partial charge on any atom is 0.273 e. The Hall–Kier alpha value is -2.15. The van der Waals surface area contributed by atoms with Crippen LogP contribution in [0.5, 0.6) is 5.75 Å². The Morgan fingerprint density at radius 1 is 1.25 bits per heavy atom. The fraction of sp³-hybridized carbons (Fsp3) is 0.588. The summed E-state index contributed by atoms with van der Waals surface area (Å²) >= 11 is 0. The molecule has 1 aromatic carbocycles. The van der Waals surface area contributed by atoms with E-state index in [4.69, 9.17) is 4.74 Å². The second kappa shape index (κ2) is 8.63. The molecule has 1 heterocycles. The second-order valence-electron chi connectivity index (χ2n) is 6.11. The summed E-state index contributed by atoms with van der Waals surface area (Å²) in [4.78, 5) is 25.1. The molecule has 1 aliphatic rings. The van der Waals surface area contributed by atoms with Crippen LogP contribution in [0.3, 0.4) is 0 Å². The highest BCUT2D eigenvalue weighted by molar-refractivity contribution is 5.96. The molecule has 1 fully saturated rings. The number of amides is 1. The number of rotatable bonds is 5. The highest BCUT2D eigenvalue weighted by atomic mass is 16.6. The first-order valence-corrected chi connectivity index (χ1v) is 8.40. The largest absolute Gasteiger partial charge is 0.494 e. The monoisotopic (exact) mass is 335 g/mol. The van der Waals surface area contributed by atoms with Gasteiger partial charge in [0, 0.05) is 6.07 Å². The van der Waals surface area contributed by atoms with Crippen molar-refractivity contribution in [2.75, 3.05) is 25.5 Å². The lowest BCUT2D eigenvalue weighted by atomic mass is 10.1. The minimum absolute atomic E-state index is 0.0679. The Morgan fingerprint density at radius 3 is 2.46 bits per heavy atom. The number of likely N-dealkylation sites (tertiary alicyclic amines) is 1. The lowest BCUT2D eigenvalue weighted by Crippen LogP contribution is -2.43. The molecular formula is C17H25N3O4. The second-order valence-corrected chi connectivity index (χ2v) is 6.11. The molecule has 0 unspecified atom stereocenters. The number of nitro groups is 1. The zero-order valence-electron chi connectivity index (χ0n) is 14.3. The quantitative estimate of drug-likeness (QED) is 0.660. The molecule has 1 atom stereocenters. The zero-order valence-corrected chi connectivity index (χ0v) is 14.3. The van der Waals surface area contributed by atoms with E-state index in [1.807, 2.05) is 6.92 Å². The van der Waals surface area contributed by atoms with Crippen LogP contribution in [0, 0.1) is 10.1 Å². The number of benzene rings is 1. The lowest BCUT2D eigenvalue weighted by Gasteiger charge is -2.29. The molecule has 0 aromatic heterocycles. The van der Waals surface area contributed by atoms with Crippen LogP contribution in [-0.2, 0) is 4.79 Å². The number of anilines is 1. The molecule has 0 spiro atoms. The van der Waals surface area contributed by atoms with E-state index in [0.717, 1.165) is 25.9 Å². The third-order valence-corrected chi connectivity index (χ3v) is 4.47. The number of carbonyl (C=O) groups is 1. The van der Waals surface area contributed by atoms with Crippen molar-refractivity contribution in [2.24, 2.45) is 0 Å². The topological polar surface area (TPSA) is 84.7 Å². The molecule has 1 aromatic rings. The zero-order chi connectivity index (χ0) is 17.5. The van der Waals surface area contributed by atoms with Gasteiger partial charge in [0.2, 0.25) is 5.91 Å². The number of nitro benzene ring substituents is 1. The van der Waals surface area contributed by atoms with Gasteiger partial charge in [0.1, 0.15) is 5.75 Å². The summed E-state index contributed by atoms with van der Waals surface area (Å²) in [6.45, 7) is 3.74. The summed E-state index contributed by atoms with van der Waals surface area (Å²) < 4.78 is 5.17. The molecule has 1 aliphatic heterocycles. The Morgan fingerprint density at radius 2 is 1.88 bits per heavy atom. The summed E-state index contributed by atoms with van der Waals surface area (Å²) in [6.07, 6.45) is 5.91. The Bertz CT molecular complexity index is 583. The third-order valence-electron chi connectivity index (χ3n) is 4.47. The fourth-order valence-electron chi connectivity index (χ4n) is 2.96. The number of nitrogens with one attached hydrogen (secondary N) is 1. The number of ether oxygens (including phenoxy) is 1. The molecule has 24 heavy (non-hydrogen) atoms. The summed E-state index contributed by atoms with van der Waals surface area (Å²) in [5, 5.41) is 13.7. The van der Waals surface area contributed by atoms with Gasteiger partial charge in [0.25, 0.3) is 5.69 Å². The maximum absolute atomic E-state index is 12.6. The van der Waals surface area contributed by atoms with Gasteiger partial charge in [-0.25, -0.2) is 0 Å². The van der Waals surface area contributed by atoms with Gasteiger partial charge >= 0.3 is 0 Å². The molecule has 1 saturated heterocycles. The summed E-state index contributed by atoms with van der Waals surface area (Å²) in [6, 6.07) is 3.94. The predicted octanol–water partition coefficient (Wildman–Crippen LogP) is 3.20. The van der Waals surface area contributed by atoms with Crippen LogP contribution < -0.4 is 10.1 Å². The third kappa shape index (κ3) is 4.67. The first kappa shape index (κ1) is 18.2. The average Bonchev–Trinajstić information content (AvgIpc) is 2.54. The van der Waals surface area contributed by atoms with E-state index in [0.29, 0.717) is 5.69 Å². The van der Waals surface area contributed by atoms with Gasteiger partial charge in [-0.05, 0) is 38.9 Å². The van der Waals surface area contributed by atoms with Crippen molar-refractivity contribution < 1.29 is 14.5 Å². The number of non-ortho nitro benzene ring substituents is 1.